The van der Waals surface area contributed by atoms with Crippen LogP contribution in [0.2, 0.25) is 0 Å². The summed E-state index contributed by atoms with van der Waals surface area (Å²) < 4.78 is 15.5. The zero-order chi connectivity index (χ0) is 20.5. The zero-order valence-corrected chi connectivity index (χ0v) is 16.2. The normalized spacial score (nSPS) is 10.2. The van der Waals surface area contributed by atoms with E-state index in [2.05, 4.69) is 17.4 Å². The Kier molecular flexibility index (Phi) is 7.62. The molecule has 0 aromatic heterocycles. The molecule has 8 nitrogen and oxygen atoms in total. The van der Waals surface area contributed by atoms with Gasteiger partial charge < -0.3 is 19.5 Å². The molecule has 0 aliphatic rings. The van der Waals surface area contributed by atoms with Crippen LogP contribution in [-0.4, -0.2) is 38.7 Å². The molecule has 28 heavy (non-hydrogen) atoms. The van der Waals surface area contributed by atoms with Gasteiger partial charge in [-0.15, -0.1) is 0 Å². The number of carbonyl (C=O) groups excluding carboxylic acids is 1. The summed E-state index contributed by atoms with van der Waals surface area (Å²) >= 11 is 0. The number of ether oxygens (including phenoxy) is 3. The third-order valence-corrected chi connectivity index (χ3v) is 4.25. The summed E-state index contributed by atoms with van der Waals surface area (Å²) in [5, 5.41) is 14.3. The molecule has 2 aromatic carbocycles. The molecule has 0 fully saturated rings. The largest absolute Gasteiger partial charge is 0.493 e. The third-order valence-electron chi connectivity index (χ3n) is 4.25. The van der Waals surface area contributed by atoms with E-state index in [9.17, 15) is 14.9 Å². The Hall–Kier alpha value is -3.29. The molecule has 2 rings (SSSR count). The Balaban J connectivity index is 2.10. The number of unbranched alkanes of at least 4 members (excludes halogenated alkanes) is 1. The van der Waals surface area contributed by atoms with Crippen LogP contribution in [-0.2, 0) is 6.42 Å². The number of methoxy groups -OCH3 is 3. The number of hydrogen-bond acceptors (Lipinski definition) is 6. The predicted octanol–water partition coefficient (Wildman–Crippen LogP) is 3.37. The predicted molar refractivity (Wildman–Crippen MR) is 104 cm³/mol. The highest BCUT2D eigenvalue weighted by molar-refractivity contribution is 6.00. The Bertz CT molecular complexity index is 823. The van der Waals surface area contributed by atoms with Crippen LogP contribution in [0.3, 0.4) is 0 Å². The summed E-state index contributed by atoms with van der Waals surface area (Å²) in [7, 11) is 4.00. The lowest BCUT2D eigenvalue weighted by atomic mass is 10.1. The second-order valence-electron chi connectivity index (χ2n) is 6.00. The monoisotopic (exact) mass is 388 g/mol. The number of rotatable bonds is 10. The molecule has 0 unspecified atom stereocenters. The van der Waals surface area contributed by atoms with E-state index in [1.807, 2.05) is 18.2 Å². The maximum absolute atomic E-state index is 12.6. The van der Waals surface area contributed by atoms with Gasteiger partial charge in [0.25, 0.3) is 5.91 Å². The first-order valence-electron chi connectivity index (χ1n) is 8.83. The molecule has 0 aliphatic heterocycles. The number of nitro benzene ring substituents is 1. The van der Waals surface area contributed by atoms with Crippen LogP contribution in [0.15, 0.2) is 36.4 Å². The van der Waals surface area contributed by atoms with Gasteiger partial charge in [-0.3, -0.25) is 14.9 Å². The van der Waals surface area contributed by atoms with Gasteiger partial charge in [-0.05, 0) is 24.8 Å². The maximum atomic E-state index is 12.6. The van der Waals surface area contributed by atoms with Crippen LogP contribution in [0.25, 0.3) is 0 Å². The van der Waals surface area contributed by atoms with Crippen LogP contribution in [0.1, 0.15) is 28.8 Å². The third kappa shape index (κ3) is 4.91. The van der Waals surface area contributed by atoms with Crippen molar-refractivity contribution in [1.82, 2.24) is 5.32 Å². The lowest BCUT2D eigenvalue weighted by molar-refractivity contribution is -0.386. The minimum atomic E-state index is -0.662. The van der Waals surface area contributed by atoms with Gasteiger partial charge >= 0.3 is 5.69 Å². The molecule has 0 saturated carbocycles. The molecular formula is C20H24N2O6. The van der Waals surface area contributed by atoms with E-state index in [0.717, 1.165) is 19.3 Å². The zero-order valence-electron chi connectivity index (χ0n) is 16.2. The molecule has 0 heterocycles. The molecule has 0 radical (unpaired) electrons. The van der Waals surface area contributed by atoms with Crippen LogP contribution in [0.5, 0.6) is 17.2 Å². The molecule has 0 aliphatic carbocycles. The lowest BCUT2D eigenvalue weighted by Gasteiger charge is -2.15. The second-order valence-corrected chi connectivity index (χ2v) is 6.00. The van der Waals surface area contributed by atoms with Gasteiger partial charge in [0, 0.05) is 12.6 Å². The van der Waals surface area contributed by atoms with Gasteiger partial charge in [0.15, 0.2) is 5.75 Å². The smallest absolute Gasteiger partial charge is 0.327 e. The van der Waals surface area contributed by atoms with Crippen molar-refractivity contribution < 1.29 is 23.9 Å². The molecule has 0 bridgehead atoms. The summed E-state index contributed by atoms with van der Waals surface area (Å²) in [5.41, 5.74) is 0.638. The average Bonchev–Trinajstić information content (AvgIpc) is 2.72. The summed E-state index contributed by atoms with van der Waals surface area (Å²) in [4.78, 5) is 23.5. The first-order valence-corrected chi connectivity index (χ1v) is 8.83. The number of amides is 1. The van der Waals surface area contributed by atoms with Crippen molar-refractivity contribution in [2.45, 2.75) is 19.3 Å². The number of nitrogens with zero attached hydrogens (tertiary/aromatic N) is 1. The second kappa shape index (κ2) is 10.1. The molecule has 0 atom stereocenters. The van der Waals surface area contributed by atoms with Gasteiger partial charge in [-0.1, -0.05) is 30.3 Å². The van der Waals surface area contributed by atoms with E-state index in [0.29, 0.717) is 6.54 Å². The van der Waals surface area contributed by atoms with E-state index >= 15 is 0 Å². The Labute approximate surface area is 163 Å². The number of benzene rings is 2. The molecule has 2 aromatic rings. The fourth-order valence-electron chi connectivity index (χ4n) is 2.89. The van der Waals surface area contributed by atoms with Crippen LogP contribution in [0, 0.1) is 10.1 Å². The van der Waals surface area contributed by atoms with Gasteiger partial charge in [0.05, 0.1) is 26.3 Å². The van der Waals surface area contributed by atoms with Gasteiger partial charge in [0.2, 0.25) is 11.5 Å². The highest BCUT2D eigenvalue weighted by atomic mass is 16.6. The van der Waals surface area contributed by atoms with Crippen LogP contribution >= 0.6 is 0 Å². The van der Waals surface area contributed by atoms with Gasteiger partial charge in [0.1, 0.15) is 5.56 Å². The van der Waals surface area contributed by atoms with Gasteiger partial charge in [-0.25, -0.2) is 0 Å². The first-order chi connectivity index (χ1) is 13.5. The molecule has 0 saturated heterocycles. The number of aryl methyl sites for hydroxylation is 1. The van der Waals surface area contributed by atoms with Crippen molar-refractivity contribution in [2.24, 2.45) is 0 Å². The van der Waals surface area contributed by atoms with E-state index in [-0.39, 0.29) is 22.8 Å². The first kappa shape index (κ1) is 21.0. The van der Waals surface area contributed by atoms with Crippen molar-refractivity contribution in [1.29, 1.82) is 0 Å². The van der Waals surface area contributed by atoms with Crippen LogP contribution in [0.4, 0.5) is 5.69 Å². The Morgan fingerprint density at radius 3 is 2.29 bits per heavy atom. The van der Waals surface area contributed by atoms with Crippen molar-refractivity contribution in [3.8, 4) is 17.2 Å². The Morgan fingerprint density at radius 1 is 1.04 bits per heavy atom. The highest BCUT2D eigenvalue weighted by Crippen LogP contribution is 2.46. The summed E-state index contributed by atoms with van der Waals surface area (Å²) in [6.45, 7) is 0.402. The standard InChI is InChI=1S/C20H24N2O6/c1-26-16-13-15(17(22(24)25)19(28-3)18(16)27-2)20(23)21-12-8-7-11-14-9-5-4-6-10-14/h4-6,9-10,13H,7-8,11-12H2,1-3H3,(H,21,23). The van der Waals surface area contributed by atoms with Crippen molar-refractivity contribution in [2.75, 3.05) is 27.9 Å². The molecular weight excluding hydrogens is 364 g/mol. The summed E-state index contributed by atoms with van der Waals surface area (Å²) in [6, 6.07) is 11.3. The average molecular weight is 388 g/mol. The quantitative estimate of drug-likeness (QED) is 0.380. The lowest BCUT2D eigenvalue weighted by Crippen LogP contribution is -2.25. The SMILES string of the molecule is COc1cc(C(=O)NCCCCc2ccccc2)c([N+](=O)[O-])c(OC)c1OC. The summed E-state index contributed by atoms with van der Waals surface area (Å²) in [5.74, 6) is -0.470. The topological polar surface area (TPSA) is 99.9 Å². The molecule has 150 valence electrons. The van der Waals surface area contributed by atoms with Crippen molar-refractivity contribution in [3.05, 3.63) is 57.6 Å². The number of nitro groups is 1. The van der Waals surface area contributed by atoms with E-state index in [4.69, 9.17) is 14.2 Å². The minimum Gasteiger partial charge on any atom is -0.493 e. The maximum Gasteiger partial charge on any atom is 0.327 e. The van der Waals surface area contributed by atoms with E-state index in [1.54, 1.807) is 0 Å². The number of hydrogen-bond donors (Lipinski definition) is 1. The van der Waals surface area contributed by atoms with Crippen molar-refractivity contribution in [3.63, 3.8) is 0 Å². The van der Waals surface area contributed by atoms with Crippen LogP contribution < -0.4 is 19.5 Å². The van der Waals surface area contributed by atoms with Crippen molar-refractivity contribution >= 4 is 11.6 Å². The fourth-order valence-corrected chi connectivity index (χ4v) is 2.89. The number of nitrogens with one attached hydrogen (secondary N) is 1. The van der Waals surface area contributed by atoms with Gasteiger partial charge in [-0.2, -0.15) is 0 Å². The Morgan fingerprint density at radius 2 is 1.71 bits per heavy atom. The summed E-state index contributed by atoms with van der Waals surface area (Å²) in [6.07, 6.45) is 2.54. The van der Waals surface area contributed by atoms with E-state index < -0.39 is 16.5 Å². The fraction of sp³-hybridized carbons (Fsp3) is 0.350. The number of carbonyl (C=O) groups is 1. The highest BCUT2D eigenvalue weighted by Gasteiger charge is 2.32. The molecule has 1 amide bonds. The minimum absolute atomic E-state index is 0.0658. The molecule has 1 N–H and O–H groups in total. The van der Waals surface area contributed by atoms with E-state index in [1.165, 1.54) is 33.0 Å². The molecule has 0 spiro atoms. The molecule has 8 heteroatoms.